The van der Waals surface area contributed by atoms with Crippen molar-refractivity contribution in [2.45, 2.75) is 311 Å². The number of ether oxygens (including phenoxy) is 2. The molecule has 4 heteroatoms. The van der Waals surface area contributed by atoms with Crippen LogP contribution in [-0.2, 0) is 19.1 Å². The molecule has 54 heavy (non-hydrogen) atoms. The summed E-state index contributed by atoms with van der Waals surface area (Å²) >= 11 is 0. The average Bonchev–Trinajstić information content (AvgIpc) is 3.17. The summed E-state index contributed by atoms with van der Waals surface area (Å²) in [6.45, 7) is 13.2. The molecule has 0 aromatic rings. The van der Waals surface area contributed by atoms with E-state index in [-0.39, 0.29) is 24.1 Å². The van der Waals surface area contributed by atoms with Crippen molar-refractivity contribution in [3.05, 3.63) is 0 Å². The highest BCUT2D eigenvalue weighted by molar-refractivity contribution is 5.69. The molecule has 0 spiro atoms. The second-order valence-electron chi connectivity index (χ2n) is 16.7. The number of unbranched alkanes of at least 4 members (excludes halogenated alkanes) is 30. The van der Waals surface area contributed by atoms with Gasteiger partial charge in [0, 0.05) is 12.8 Å². The molecule has 2 atom stereocenters. The van der Waals surface area contributed by atoms with Gasteiger partial charge in [-0.15, -0.1) is 0 Å². The van der Waals surface area contributed by atoms with E-state index in [0.717, 1.165) is 38.5 Å². The second-order valence-corrected chi connectivity index (χ2v) is 16.7. The summed E-state index contributed by atoms with van der Waals surface area (Å²) in [7, 11) is 0. The average molecular weight is 765 g/mol. The normalized spacial score (nSPS) is 12.3. The Labute approximate surface area is 340 Å². The van der Waals surface area contributed by atoms with Crippen molar-refractivity contribution < 1.29 is 19.1 Å². The van der Waals surface area contributed by atoms with Crippen LogP contribution in [0.5, 0.6) is 0 Å². The highest BCUT2D eigenvalue weighted by Crippen LogP contribution is 2.17. The lowest BCUT2D eigenvalue weighted by Gasteiger charge is -2.16. The fraction of sp³-hybridized carbons (Fsp3) is 0.960. The number of hydrogen-bond acceptors (Lipinski definition) is 4. The fourth-order valence-electron chi connectivity index (χ4n) is 7.35. The van der Waals surface area contributed by atoms with E-state index < -0.39 is 0 Å². The zero-order chi connectivity index (χ0) is 40.0. The van der Waals surface area contributed by atoms with E-state index >= 15 is 0 Å². The van der Waals surface area contributed by atoms with Gasteiger partial charge < -0.3 is 9.47 Å². The smallest absolute Gasteiger partial charge is 0.306 e. The molecule has 2 unspecified atom stereocenters. The Morgan fingerprint density at radius 3 is 0.722 bits per heavy atom. The summed E-state index contributed by atoms with van der Waals surface area (Å²) in [5.74, 6) is 0.0504. The molecule has 0 saturated carbocycles. The van der Waals surface area contributed by atoms with Gasteiger partial charge in [-0.05, 0) is 51.4 Å². The topological polar surface area (TPSA) is 52.6 Å². The number of esters is 2. The number of carbonyl (C=O) groups excluding carboxylic acids is 2. The van der Waals surface area contributed by atoms with Gasteiger partial charge >= 0.3 is 11.9 Å². The first-order valence-corrected chi connectivity index (χ1v) is 24.9. The maximum atomic E-state index is 12.0. The molecule has 0 N–H and O–H groups in total. The van der Waals surface area contributed by atoms with Crippen molar-refractivity contribution in [3.63, 3.8) is 0 Å². The Kier molecular flexibility index (Phi) is 49.0. The van der Waals surface area contributed by atoms with Gasteiger partial charge in [0.15, 0.2) is 0 Å². The van der Waals surface area contributed by atoms with Crippen LogP contribution in [0.2, 0.25) is 0 Å². The van der Waals surface area contributed by atoms with Crippen LogP contribution in [0.25, 0.3) is 0 Å². The molecule has 0 rings (SSSR count). The van der Waals surface area contributed by atoms with Crippen LogP contribution in [0, 0.1) is 0 Å². The van der Waals surface area contributed by atoms with Crippen LogP contribution in [0.3, 0.4) is 0 Å². The summed E-state index contributed by atoms with van der Waals surface area (Å²) in [4.78, 5) is 23.9. The molecule has 0 aromatic heterocycles. The summed E-state index contributed by atoms with van der Waals surface area (Å²) in [5, 5.41) is 0. The van der Waals surface area contributed by atoms with E-state index in [9.17, 15) is 9.59 Å². The molecule has 0 amide bonds. The first kappa shape index (κ1) is 55.0. The Morgan fingerprint density at radius 1 is 0.296 bits per heavy atom. The van der Waals surface area contributed by atoms with Crippen LogP contribution >= 0.6 is 0 Å². The van der Waals surface area contributed by atoms with Crippen molar-refractivity contribution in [2.75, 3.05) is 0 Å². The first-order valence-electron chi connectivity index (χ1n) is 24.9. The summed E-state index contributed by atoms with van der Waals surface area (Å²) < 4.78 is 11.2. The van der Waals surface area contributed by atoms with Crippen molar-refractivity contribution in [1.82, 2.24) is 0 Å². The molecule has 0 fully saturated rings. The van der Waals surface area contributed by atoms with Gasteiger partial charge in [0.2, 0.25) is 0 Å². The Balaban J connectivity index is 0. The van der Waals surface area contributed by atoms with Gasteiger partial charge in [0.1, 0.15) is 12.2 Å². The van der Waals surface area contributed by atoms with Crippen molar-refractivity contribution in [1.29, 1.82) is 0 Å². The third-order valence-electron chi connectivity index (χ3n) is 11.2. The number of hydrogen-bond donors (Lipinski definition) is 0. The molecular weight excluding hydrogens is 665 g/mol. The van der Waals surface area contributed by atoms with E-state index in [1.165, 1.54) is 205 Å². The largest absolute Gasteiger partial charge is 0.462 e. The van der Waals surface area contributed by atoms with Crippen molar-refractivity contribution >= 4 is 11.9 Å². The van der Waals surface area contributed by atoms with E-state index in [1.54, 1.807) is 0 Å². The lowest BCUT2D eigenvalue weighted by Crippen LogP contribution is -2.17. The van der Waals surface area contributed by atoms with Crippen LogP contribution in [0.1, 0.15) is 298 Å². The van der Waals surface area contributed by atoms with E-state index in [1.807, 2.05) is 0 Å². The van der Waals surface area contributed by atoms with Gasteiger partial charge in [0.05, 0.1) is 0 Å². The minimum Gasteiger partial charge on any atom is -0.462 e. The van der Waals surface area contributed by atoms with Crippen molar-refractivity contribution in [3.8, 4) is 0 Å². The molecule has 4 nitrogen and oxygen atoms in total. The molecule has 0 aliphatic carbocycles. The van der Waals surface area contributed by atoms with Gasteiger partial charge in [0.25, 0.3) is 0 Å². The maximum Gasteiger partial charge on any atom is 0.306 e. The maximum absolute atomic E-state index is 12.0. The van der Waals surface area contributed by atoms with E-state index in [2.05, 4.69) is 41.5 Å². The zero-order valence-electron chi connectivity index (χ0n) is 38.1. The molecule has 0 radical (unpaired) electrons. The third-order valence-corrected chi connectivity index (χ3v) is 11.2. The van der Waals surface area contributed by atoms with Crippen LogP contribution in [0.4, 0.5) is 0 Å². The third kappa shape index (κ3) is 45.3. The Morgan fingerprint density at radius 2 is 0.500 bits per heavy atom. The predicted molar refractivity (Wildman–Crippen MR) is 238 cm³/mol. The number of rotatable bonds is 42. The lowest BCUT2D eigenvalue weighted by atomic mass is 10.0. The SMILES string of the molecule is CCCCCCCCCCCCCCCC(=O)OC(CC)CCCCC.CCCCCCCCCCCCCCCCCC(=O)OC(CC)CCCCC. The predicted octanol–water partition coefficient (Wildman–Crippen LogP) is 17.5. The highest BCUT2D eigenvalue weighted by Gasteiger charge is 2.13. The first-order chi connectivity index (χ1) is 26.5. The van der Waals surface area contributed by atoms with Gasteiger partial charge in [-0.3, -0.25) is 9.59 Å². The summed E-state index contributed by atoms with van der Waals surface area (Å²) in [6, 6.07) is 0. The quantitative estimate of drug-likeness (QED) is 0.0459. The monoisotopic (exact) mass is 765 g/mol. The van der Waals surface area contributed by atoms with Crippen LogP contribution in [0.15, 0.2) is 0 Å². The van der Waals surface area contributed by atoms with Crippen molar-refractivity contribution in [2.24, 2.45) is 0 Å². The zero-order valence-corrected chi connectivity index (χ0v) is 38.1. The summed E-state index contributed by atoms with van der Waals surface area (Å²) in [6.07, 6.45) is 50.6. The van der Waals surface area contributed by atoms with E-state index in [4.69, 9.17) is 9.47 Å². The fourth-order valence-corrected chi connectivity index (χ4v) is 7.35. The van der Waals surface area contributed by atoms with Crippen LogP contribution in [-0.4, -0.2) is 24.1 Å². The molecule has 0 bridgehead atoms. The standard InChI is InChI=1S/C26H52O2.C24H48O2/c1-4-7-9-10-11-12-13-14-15-16-17-18-19-20-22-24-26(27)28-25(6-3)23-21-8-5-2;1-4-7-9-10-11-12-13-14-15-16-17-18-20-22-24(25)26-23(6-3)21-19-8-5-2/h25H,4-24H2,1-3H3;23H,4-22H2,1-3H3. The lowest BCUT2D eigenvalue weighted by molar-refractivity contribution is -0.150. The Hall–Kier alpha value is -1.06. The molecule has 324 valence electrons. The highest BCUT2D eigenvalue weighted by atomic mass is 16.5. The summed E-state index contributed by atoms with van der Waals surface area (Å²) in [5.41, 5.74) is 0. The van der Waals surface area contributed by atoms with Gasteiger partial charge in [-0.2, -0.15) is 0 Å². The molecule has 0 heterocycles. The molecule has 0 aliphatic heterocycles. The minimum atomic E-state index is 0.0245. The van der Waals surface area contributed by atoms with Crippen LogP contribution < -0.4 is 0 Å². The molecular formula is C50H100O4. The van der Waals surface area contributed by atoms with Gasteiger partial charge in [-0.1, -0.05) is 234 Å². The number of carbonyl (C=O) groups is 2. The molecule has 0 aliphatic rings. The molecule has 0 saturated heterocycles. The van der Waals surface area contributed by atoms with E-state index in [0.29, 0.717) is 12.8 Å². The van der Waals surface area contributed by atoms with Gasteiger partial charge in [-0.25, -0.2) is 0 Å². The minimum absolute atomic E-state index is 0.0245. The second kappa shape index (κ2) is 48.1. The molecule has 0 aromatic carbocycles. The Bertz CT molecular complexity index is 721.